The number of amides is 1. The zero-order valence-electron chi connectivity index (χ0n) is 12.7. The molecule has 1 N–H and O–H groups in total. The number of hydrogen-bond donors (Lipinski definition) is 1. The Balaban J connectivity index is 1.76. The Hall–Kier alpha value is -2.24. The third-order valence-corrected chi connectivity index (χ3v) is 4.72. The lowest BCUT2D eigenvalue weighted by Crippen LogP contribution is -2.24. The summed E-state index contributed by atoms with van der Waals surface area (Å²) in [6, 6.07) is 8.93. The van der Waals surface area contributed by atoms with Crippen LogP contribution in [0, 0.1) is 0 Å². The van der Waals surface area contributed by atoms with Crippen LogP contribution in [0.2, 0.25) is 10.0 Å². The average molecular weight is 362 g/mol. The molecule has 24 heavy (non-hydrogen) atoms. The Morgan fingerprint density at radius 2 is 2.12 bits per heavy atom. The van der Waals surface area contributed by atoms with Gasteiger partial charge in [-0.1, -0.05) is 23.2 Å². The Morgan fingerprint density at radius 1 is 1.29 bits per heavy atom. The first-order chi connectivity index (χ1) is 11.5. The van der Waals surface area contributed by atoms with Gasteiger partial charge in [-0.25, -0.2) is 0 Å². The minimum absolute atomic E-state index is 0.0603. The summed E-state index contributed by atoms with van der Waals surface area (Å²) in [5.41, 5.74) is 1.66. The Kier molecular flexibility index (Phi) is 3.62. The van der Waals surface area contributed by atoms with Gasteiger partial charge in [-0.3, -0.25) is 9.48 Å². The number of aromatic nitrogens is 2. The van der Waals surface area contributed by atoms with Crippen LogP contribution in [0.1, 0.15) is 23.7 Å². The summed E-state index contributed by atoms with van der Waals surface area (Å²) in [5.74, 6) is 1.79. The maximum Gasteiger partial charge on any atom is 0.226 e. The van der Waals surface area contributed by atoms with Crippen LogP contribution in [-0.2, 0) is 11.8 Å². The molecule has 1 atom stereocenters. The molecule has 1 unspecified atom stereocenters. The number of fused-ring (bicyclic) bond motifs is 1. The molecule has 0 spiro atoms. The molecule has 0 fully saturated rings. The van der Waals surface area contributed by atoms with Crippen molar-refractivity contribution < 1.29 is 9.21 Å². The Morgan fingerprint density at radius 3 is 2.96 bits per heavy atom. The highest BCUT2D eigenvalue weighted by molar-refractivity contribution is 6.35. The quantitative estimate of drug-likeness (QED) is 0.732. The molecule has 0 saturated carbocycles. The Labute approximate surface area is 148 Å². The van der Waals surface area contributed by atoms with E-state index in [0.29, 0.717) is 33.8 Å². The van der Waals surface area contributed by atoms with Crippen LogP contribution in [0.3, 0.4) is 0 Å². The van der Waals surface area contributed by atoms with E-state index in [1.165, 1.54) is 0 Å². The number of furan rings is 1. The van der Waals surface area contributed by atoms with Crippen molar-refractivity contribution in [2.45, 2.75) is 12.3 Å². The predicted molar refractivity (Wildman–Crippen MR) is 92.5 cm³/mol. The molecule has 0 aliphatic carbocycles. The highest BCUT2D eigenvalue weighted by Crippen LogP contribution is 2.40. The van der Waals surface area contributed by atoms with E-state index in [2.05, 4.69) is 10.4 Å². The van der Waals surface area contributed by atoms with Crippen molar-refractivity contribution >= 4 is 34.9 Å². The average Bonchev–Trinajstić information content (AvgIpc) is 3.17. The van der Waals surface area contributed by atoms with E-state index in [4.69, 9.17) is 27.6 Å². The summed E-state index contributed by atoms with van der Waals surface area (Å²) in [6.45, 7) is 0. The molecule has 1 aromatic carbocycles. The molecule has 1 aliphatic rings. The van der Waals surface area contributed by atoms with Crippen LogP contribution < -0.4 is 5.32 Å². The van der Waals surface area contributed by atoms with Crippen LogP contribution in [0.15, 0.2) is 40.9 Å². The van der Waals surface area contributed by atoms with Crippen molar-refractivity contribution in [3.8, 4) is 11.3 Å². The van der Waals surface area contributed by atoms with Crippen LogP contribution >= 0.6 is 23.2 Å². The van der Waals surface area contributed by atoms with Gasteiger partial charge in [-0.2, -0.15) is 5.10 Å². The zero-order chi connectivity index (χ0) is 16.8. The molecule has 122 valence electrons. The van der Waals surface area contributed by atoms with E-state index < -0.39 is 0 Å². The molecular formula is C17H13Cl2N3O2. The molecule has 7 heteroatoms. The number of nitrogens with zero attached hydrogens (tertiary/aromatic N) is 2. The first-order valence-corrected chi connectivity index (χ1v) is 8.15. The van der Waals surface area contributed by atoms with Crippen molar-refractivity contribution in [2.24, 2.45) is 7.05 Å². The largest absolute Gasteiger partial charge is 0.460 e. The first-order valence-electron chi connectivity index (χ1n) is 7.40. The third-order valence-electron chi connectivity index (χ3n) is 4.15. The van der Waals surface area contributed by atoms with Gasteiger partial charge in [0.05, 0.1) is 17.1 Å². The molecule has 4 rings (SSSR count). The molecule has 5 nitrogen and oxygen atoms in total. The fourth-order valence-electron chi connectivity index (χ4n) is 2.97. The molecule has 1 aliphatic heterocycles. The van der Waals surface area contributed by atoms with E-state index in [1.54, 1.807) is 36.1 Å². The molecule has 0 bridgehead atoms. The van der Waals surface area contributed by atoms with E-state index in [-0.39, 0.29) is 11.8 Å². The second kappa shape index (κ2) is 5.69. The molecule has 3 aromatic rings. The summed E-state index contributed by atoms with van der Waals surface area (Å²) in [5, 5.41) is 8.21. The van der Waals surface area contributed by atoms with Gasteiger partial charge in [-0.15, -0.1) is 0 Å². The third kappa shape index (κ3) is 2.50. The van der Waals surface area contributed by atoms with Crippen molar-refractivity contribution in [1.29, 1.82) is 0 Å². The number of nitrogens with one attached hydrogen (secondary N) is 1. The number of carbonyl (C=O) groups is 1. The highest BCUT2D eigenvalue weighted by atomic mass is 35.5. The van der Waals surface area contributed by atoms with Gasteiger partial charge in [0, 0.05) is 29.6 Å². The van der Waals surface area contributed by atoms with Gasteiger partial charge in [-0.05, 0) is 30.3 Å². The fourth-order valence-corrected chi connectivity index (χ4v) is 3.35. The Bertz CT molecular complexity index is 945. The lowest BCUT2D eigenvalue weighted by atomic mass is 9.92. The molecule has 2 aromatic heterocycles. The van der Waals surface area contributed by atoms with Crippen molar-refractivity contribution in [2.75, 3.05) is 5.32 Å². The van der Waals surface area contributed by atoms with E-state index >= 15 is 0 Å². The van der Waals surface area contributed by atoms with Gasteiger partial charge < -0.3 is 9.73 Å². The number of carbonyl (C=O) groups excluding carboxylic acids is 1. The standard InChI is InChI=1S/C17H13Cl2N3O2/c1-22-17-12(8-20-22)10(7-16(23)21-17)14-4-5-15(24-14)11-6-9(18)2-3-13(11)19/h2-6,8,10H,7H2,1H3,(H,21,23). The van der Waals surface area contributed by atoms with Crippen LogP contribution in [0.5, 0.6) is 0 Å². The van der Waals surface area contributed by atoms with Crippen molar-refractivity contribution in [3.05, 3.63) is 57.9 Å². The van der Waals surface area contributed by atoms with E-state index in [0.717, 1.165) is 11.1 Å². The predicted octanol–water partition coefficient (Wildman–Crippen LogP) is 4.46. The second-order valence-electron chi connectivity index (χ2n) is 5.70. The van der Waals surface area contributed by atoms with Crippen molar-refractivity contribution in [1.82, 2.24) is 9.78 Å². The van der Waals surface area contributed by atoms with E-state index in [1.807, 2.05) is 12.1 Å². The SMILES string of the molecule is Cn1ncc2c1NC(=O)CC2c1ccc(-c2cc(Cl)ccc2Cl)o1. The number of halogens is 2. The number of anilines is 1. The first kappa shape index (κ1) is 15.3. The summed E-state index contributed by atoms with van der Waals surface area (Å²) in [4.78, 5) is 12.0. The summed E-state index contributed by atoms with van der Waals surface area (Å²) < 4.78 is 7.65. The van der Waals surface area contributed by atoms with Gasteiger partial charge in [0.15, 0.2) is 0 Å². The van der Waals surface area contributed by atoms with Crippen LogP contribution in [-0.4, -0.2) is 15.7 Å². The smallest absolute Gasteiger partial charge is 0.226 e. The highest BCUT2D eigenvalue weighted by Gasteiger charge is 2.31. The normalized spacial score (nSPS) is 16.8. The van der Waals surface area contributed by atoms with Crippen LogP contribution in [0.4, 0.5) is 5.82 Å². The summed E-state index contributed by atoms with van der Waals surface area (Å²) in [7, 11) is 1.79. The lowest BCUT2D eigenvalue weighted by Gasteiger charge is -2.21. The van der Waals surface area contributed by atoms with Crippen LogP contribution in [0.25, 0.3) is 11.3 Å². The zero-order valence-corrected chi connectivity index (χ0v) is 14.2. The molecule has 0 radical (unpaired) electrons. The molecule has 3 heterocycles. The van der Waals surface area contributed by atoms with Gasteiger partial charge >= 0.3 is 0 Å². The topological polar surface area (TPSA) is 60.1 Å². The summed E-state index contributed by atoms with van der Waals surface area (Å²) in [6.07, 6.45) is 2.07. The monoisotopic (exact) mass is 361 g/mol. The molecule has 0 saturated heterocycles. The second-order valence-corrected chi connectivity index (χ2v) is 6.55. The number of rotatable bonds is 2. The molecular weight excluding hydrogens is 349 g/mol. The minimum atomic E-state index is -0.172. The molecule has 1 amide bonds. The van der Waals surface area contributed by atoms with Gasteiger partial charge in [0.25, 0.3) is 0 Å². The van der Waals surface area contributed by atoms with Gasteiger partial charge in [0.2, 0.25) is 5.91 Å². The maximum absolute atomic E-state index is 12.0. The minimum Gasteiger partial charge on any atom is -0.460 e. The summed E-state index contributed by atoms with van der Waals surface area (Å²) >= 11 is 12.3. The lowest BCUT2D eigenvalue weighted by molar-refractivity contribution is -0.116. The number of aryl methyl sites for hydroxylation is 1. The fraction of sp³-hybridized carbons (Fsp3) is 0.176. The number of hydrogen-bond acceptors (Lipinski definition) is 3. The maximum atomic E-state index is 12.0. The van der Waals surface area contributed by atoms with Crippen molar-refractivity contribution in [3.63, 3.8) is 0 Å². The van der Waals surface area contributed by atoms with Gasteiger partial charge in [0.1, 0.15) is 17.3 Å². The number of benzene rings is 1. The van der Waals surface area contributed by atoms with E-state index in [9.17, 15) is 4.79 Å².